The molecule has 2 aliphatic rings. The van der Waals surface area contributed by atoms with Crippen molar-refractivity contribution in [3.8, 4) is 0 Å². The van der Waals surface area contributed by atoms with E-state index in [0.29, 0.717) is 0 Å². The highest BCUT2D eigenvalue weighted by molar-refractivity contribution is 4.93. The molecule has 0 aromatic heterocycles. The summed E-state index contributed by atoms with van der Waals surface area (Å²) in [6, 6.07) is 0. The van der Waals surface area contributed by atoms with Gasteiger partial charge in [0, 0.05) is 0 Å². The van der Waals surface area contributed by atoms with E-state index in [1.165, 1.54) is 0 Å². The molecular formula is C16H30O12. The number of hydrogen-bond acceptors (Lipinski definition) is 12. The van der Waals surface area contributed by atoms with Crippen molar-refractivity contribution in [3.05, 3.63) is 0 Å². The summed E-state index contributed by atoms with van der Waals surface area (Å²) in [7, 11) is 0. The molecule has 0 aliphatic carbocycles. The van der Waals surface area contributed by atoms with Crippen molar-refractivity contribution in [2.24, 2.45) is 0 Å². The fourth-order valence-corrected chi connectivity index (χ4v) is 3.07. The van der Waals surface area contributed by atoms with Crippen LogP contribution in [0.4, 0.5) is 0 Å². The van der Waals surface area contributed by atoms with Crippen LogP contribution in [0, 0.1) is 0 Å². The van der Waals surface area contributed by atoms with E-state index in [9.17, 15) is 30.6 Å². The molecule has 7 N–H and O–H groups in total. The van der Waals surface area contributed by atoms with Gasteiger partial charge in [-0.1, -0.05) is 0 Å². The van der Waals surface area contributed by atoms with E-state index < -0.39 is 74.8 Å². The van der Waals surface area contributed by atoms with Crippen LogP contribution in [0.15, 0.2) is 0 Å². The molecule has 10 atom stereocenters. The van der Waals surface area contributed by atoms with Gasteiger partial charge in [-0.15, -0.1) is 0 Å². The third kappa shape index (κ3) is 5.36. The Morgan fingerprint density at radius 1 is 0.786 bits per heavy atom. The average Bonchev–Trinajstić information content (AvgIpc) is 2.66. The van der Waals surface area contributed by atoms with Crippen LogP contribution in [0.3, 0.4) is 0 Å². The van der Waals surface area contributed by atoms with Crippen LogP contribution in [0.25, 0.3) is 0 Å². The largest absolute Gasteiger partial charge is 0.394 e. The lowest BCUT2D eigenvalue weighted by Gasteiger charge is -2.46. The maximum Gasteiger partial charge on any atom is 0.187 e. The van der Waals surface area contributed by atoms with Crippen LogP contribution < -0.4 is 0 Å². The minimum atomic E-state index is -1.69. The van der Waals surface area contributed by atoms with Crippen LogP contribution in [-0.4, -0.2) is 123 Å². The molecule has 12 heteroatoms. The fourth-order valence-electron chi connectivity index (χ4n) is 3.07. The van der Waals surface area contributed by atoms with Gasteiger partial charge < -0.3 is 59.4 Å². The van der Waals surface area contributed by atoms with Gasteiger partial charge in [0.15, 0.2) is 12.6 Å². The van der Waals surface area contributed by atoms with Crippen molar-refractivity contribution in [1.82, 2.24) is 0 Å². The van der Waals surface area contributed by atoms with E-state index >= 15 is 0 Å². The Kier molecular flexibility index (Phi) is 8.94. The molecule has 0 spiro atoms. The summed E-state index contributed by atoms with van der Waals surface area (Å²) in [5.41, 5.74) is 0. The number of aliphatic hydroxyl groups is 7. The van der Waals surface area contributed by atoms with E-state index in [0.717, 1.165) is 0 Å². The predicted molar refractivity (Wildman–Crippen MR) is 88.6 cm³/mol. The normalized spacial score (nSPS) is 44.8. The molecule has 0 aromatic rings. The molecular weight excluding hydrogens is 384 g/mol. The van der Waals surface area contributed by atoms with Gasteiger partial charge in [-0.3, -0.25) is 0 Å². The second-order valence-electron chi connectivity index (χ2n) is 7.01. The van der Waals surface area contributed by atoms with Crippen molar-refractivity contribution in [2.45, 2.75) is 81.4 Å². The monoisotopic (exact) mass is 414 g/mol. The van der Waals surface area contributed by atoms with Gasteiger partial charge in [0.1, 0.15) is 55.6 Å². The van der Waals surface area contributed by atoms with Gasteiger partial charge in [-0.25, -0.2) is 0 Å². The van der Waals surface area contributed by atoms with Gasteiger partial charge in [-0.2, -0.15) is 0 Å². The first-order valence-electron chi connectivity index (χ1n) is 9.02. The predicted octanol–water partition coefficient (Wildman–Crippen LogP) is -3.99. The molecule has 2 heterocycles. The standard InChI is InChI=1S/C16H30O12/c1-6(2)25-16-14(12(22)9(19)7(3-17)26-16)28-15-13(23)11(21)10(20)8(27-15)4-24-5-18/h6-23H,3-5H2,1-2H3/t7?,8?,9-,10-,11?,12?,13+,14+,15+,16?/m1/s1. The van der Waals surface area contributed by atoms with Crippen LogP contribution in [-0.2, 0) is 23.7 Å². The van der Waals surface area contributed by atoms with Gasteiger partial charge in [0.05, 0.1) is 19.3 Å². The summed E-state index contributed by atoms with van der Waals surface area (Å²) in [4.78, 5) is 0. The highest BCUT2D eigenvalue weighted by atomic mass is 16.8. The van der Waals surface area contributed by atoms with E-state index in [1.54, 1.807) is 13.8 Å². The van der Waals surface area contributed by atoms with Crippen LogP contribution in [0.2, 0.25) is 0 Å². The molecule has 2 rings (SSSR count). The van der Waals surface area contributed by atoms with Crippen LogP contribution >= 0.6 is 0 Å². The summed E-state index contributed by atoms with van der Waals surface area (Å²) in [5.74, 6) is 0. The first-order chi connectivity index (χ1) is 13.2. The molecule has 166 valence electrons. The number of ether oxygens (including phenoxy) is 5. The van der Waals surface area contributed by atoms with Crippen molar-refractivity contribution in [2.75, 3.05) is 20.0 Å². The second-order valence-corrected chi connectivity index (χ2v) is 7.01. The molecule has 0 saturated carbocycles. The van der Waals surface area contributed by atoms with Gasteiger partial charge in [-0.05, 0) is 13.8 Å². The zero-order chi connectivity index (χ0) is 21.0. The lowest BCUT2D eigenvalue weighted by atomic mass is 9.97. The Morgan fingerprint density at radius 3 is 1.96 bits per heavy atom. The number of rotatable bonds is 8. The highest BCUT2D eigenvalue weighted by Gasteiger charge is 2.51. The summed E-state index contributed by atoms with van der Waals surface area (Å²) in [6.45, 7) is 1.87. The van der Waals surface area contributed by atoms with Crippen molar-refractivity contribution >= 4 is 0 Å². The summed E-state index contributed by atoms with van der Waals surface area (Å²) in [6.07, 6.45) is -14.7. The van der Waals surface area contributed by atoms with Gasteiger partial charge in [0.2, 0.25) is 0 Å². The summed E-state index contributed by atoms with van der Waals surface area (Å²) < 4.78 is 26.7. The third-order valence-corrected chi connectivity index (χ3v) is 4.56. The average molecular weight is 414 g/mol. The topological polar surface area (TPSA) is 188 Å². The van der Waals surface area contributed by atoms with E-state index in [2.05, 4.69) is 0 Å². The summed E-state index contributed by atoms with van der Waals surface area (Å²) in [5, 5.41) is 68.8. The highest BCUT2D eigenvalue weighted by Crippen LogP contribution is 2.30. The molecule has 0 aromatic carbocycles. The SMILES string of the molecule is CC(C)OC1OC(CO)[C@@H](O)C(O)[C@@H]1O[C@@H]1OC(COCO)[C@@H](O)C(O)[C@@H]1O. The Bertz CT molecular complexity index is 465. The Labute approximate surface area is 161 Å². The lowest BCUT2D eigenvalue weighted by Crippen LogP contribution is -2.64. The molecule has 5 unspecified atom stereocenters. The fraction of sp³-hybridized carbons (Fsp3) is 1.00. The van der Waals surface area contributed by atoms with E-state index in [-0.39, 0.29) is 12.7 Å². The molecule has 0 amide bonds. The maximum absolute atomic E-state index is 10.4. The number of aliphatic hydroxyl groups excluding tert-OH is 7. The number of hydrogen-bond donors (Lipinski definition) is 7. The molecule has 2 saturated heterocycles. The van der Waals surface area contributed by atoms with Crippen molar-refractivity contribution < 1.29 is 59.4 Å². The van der Waals surface area contributed by atoms with Gasteiger partial charge >= 0.3 is 0 Å². The molecule has 28 heavy (non-hydrogen) atoms. The minimum Gasteiger partial charge on any atom is -0.394 e. The Morgan fingerprint density at radius 2 is 1.39 bits per heavy atom. The van der Waals surface area contributed by atoms with Crippen molar-refractivity contribution in [3.63, 3.8) is 0 Å². The maximum atomic E-state index is 10.4. The van der Waals surface area contributed by atoms with E-state index in [1.807, 2.05) is 0 Å². The lowest BCUT2D eigenvalue weighted by molar-refractivity contribution is -0.371. The Balaban J connectivity index is 2.15. The quantitative estimate of drug-likeness (QED) is 0.191. The Hall–Kier alpha value is -0.480. The molecule has 0 radical (unpaired) electrons. The first-order valence-corrected chi connectivity index (χ1v) is 9.02. The van der Waals surface area contributed by atoms with Crippen LogP contribution in [0.1, 0.15) is 13.8 Å². The second kappa shape index (κ2) is 10.5. The summed E-state index contributed by atoms with van der Waals surface area (Å²) >= 11 is 0. The first kappa shape index (κ1) is 23.8. The minimum absolute atomic E-state index is 0.299. The third-order valence-electron chi connectivity index (χ3n) is 4.56. The zero-order valence-electron chi connectivity index (χ0n) is 15.6. The smallest absolute Gasteiger partial charge is 0.187 e. The molecule has 0 bridgehead atoms. The van der Waals surface area contributed by atoms with Crippen LogP contribution in [0.5, 0.6) is 0 Å². The van der Waals surface area contributed by atoms with E-state index in [4.69, 9.17) is 28.8 Å². The molecule has 2 fully saturated rings. The van der Waals surface area contributed by atoms with Crippen molar-refractivity contribution in [1.29, 1.82) is 0 Å². The van der Waals surface area contributed by atoms with Gasteiger partial charge in [0.25, 0.3) is 0 Å². The zero-order valence-corrected chi connectivity index (χ0v) is 15.6. The molecule has 2 aliphatic heterocycles. The molecule has 12 nitrogen and oxygen atoms in total.